The maximum Gasteiger partial charge on any atom is 0.243 e. The number of likely N-dealkylation sites (tertiary alicyclic amines) is 1. The molecule has 138 valence electrons. The average molecular weight is 371 g/mol. The molecule has 0 unspecified atom stereocenters. The zero-order valence-corrected chi connectivity index (χ0v) is 15.9. The highest BCUT2D eigenvalue weighted by Crippen LogP contribution is 2.27. The van der Waals surface area contributed by atoms with Gasteiger partial charge in [0.15, 0.2) is 0 Å². The third kappa shape index (κ3) is 3.56. The van der Waals surface area contributed by atoms with Gasteiger partial charge in [-0.1, -0.05) is 42.5 Å². The first-order chi connectivity index (χ1) is 12.6. The molecule has 0 atom stereocenters. The van der Waals surface area contributed by atoms with E-state index >= 15 is 0 Å². The summed E-state index contributed by atoms with van der Waals surface area (Å²) in [5.74, 6) is 0. The van der Waals surface area contributed by atoms with E-state index in [2.05, 4.69) is 4.90 Å². The summed E-state index contributed by atoms with van der Waals surface area (Å²) in [6, 6.07) is 17.9. The standard InChI is InChI=1S/C21H26N2O2S/c24-26(25,23-16-12-20(13-17-23)22-14-4-5-15-22)21-10-8-19(9-11-21)18-6-2-1-3-7-18/h1-3,6-11,20H,4-5,12-17H2. The number of rotatable bonds is 4. The second-order valence-corrected chi connectivity index (χ2v) is 9.21. The van der Waals surface area contributed by atoms with Gasteiger partial charge in [0, 0.05) is 19.1 Å². The molecule has 0 aromatic heterocycles. The molecule has 2 heterocycles. The summed E-state index contributed by atoms with van der Waals surface area (Å²) < 4.78 is 27.6. The van der Waals surface area contributed by atoms with Crippen molar-refractivity contribution in [3.8, 4) is 11.1 Å². The lowest BCUT2D eigenvalue weighted by Crippen LogP contribution is -2.45. The van der Waals surface area contributed by atoms with Crippen LogP contribution in [-0.2, 0) is 10.0 Å². The molecular weight excluding hydrogens is 344 g/mol. The van der Waals surface area contributed by atoms with E-state index in [4.69, 9.17) is 0 Å². The van der Waals surface area contributed by atoms with Crippen LogP contribution in [0.25, 0.3) is 11.1 Å². The van der Waals surface area contributed by atoms with Gasteiger partial charge >= 0.3 is 0 Å². The van der Waals surface area contributed by atoms with Crippen LogP contribution in [-0.4, -0.2) is 49.8 Å². The van der Waals surface area contributed by atoms with Crippen molar-refractivity contribution in [1.29, 1.82) is 0 Å². The Hall–Kier alpha value is -1.69. The lowest BCUT2D eigenvalue weighted by molar-refractivity contribution is 0.168. The topological polar surface area (TPSA) is 40.6 Å². The molecule has 4 nitrogen and oxygen atoms in total. The first kappa shape index (κ1) is 17.7. The van der Waals surface area contributed by atoms with Crippen molar-refractivity contribution >= 4 is 10.0 Å². The number of hydrogen-bond acceptors (Lipinski definition) is 3. The molecule has 2 aromatic carbocycles. The molecule has 2 aliphatic heterocycles. The minimum Gasteiger partial charge on any atom is -0.300 e. The van der Waals surface area contributed by atoms with Crippen molar-refractivity contribution in [2.24, 2.45) is 0 Å². The monoisotopic (exact) mass is 370 g/mol. The van der Waals surface area contributed by atoms with Crippen molar-refractivity contribution in [1.82, 2.24) is 9.21 Å². The van der Waals surface area contributed by atoms with Gasteiger partial charge in [-0.15, -0.1) is 0 Å². The molecule has 2 fully saturated rings. The number of nitrogens with zero attached hydrogens (tertiary/aromatic N) is 2. The Kier molecular flexibility index (Phi) is 5.11. The van der Waals surface area contributed by atoms with Crippen LogP contribution in [0.4, 0.5) is 0 Å². The Balaban J connectivity index is 1.45. The largest absolute Gasteiger partial charge is 0.300 e. The van der Waals surface area contributed by atoms with Crippen LogP contribution in [0.3, 0.4) is 0 Å². The van der Waals surface area contributed by atoms with Crippen molar-refractivity contribution in [3.63, 3.8) is 0 Å². The van der Waals surface area contributed by atoms with Gasteiger partial charge in [0.05, 0.1) is 4.90 Å². The van der Waals surface area contributed by atoms with Crippen molar-refractivity contribution in [3.05, 3.63) is 54.6 Å². The summed E-state index contributed by atoms with van der Waals surface area (Å²) in [5, 5.41) is 0. The third-order valence-electron chi connectivity index (χ3n) is 5.68. The normalized spacial score (nSPS) is 20.5. The van der Waals surface area contributed by atoms with E-state index in [0.29, 0.717) is 24.0 Å². The summed E-state index contributed by atoms with van der Waals surface area (Å²) in [6.07, 6.45) is 4.46. The number of sulfonamides is 1. The predicted molar refractivity (Wildman–Crippen MR) is 104 cm³/mol. The quantitative estimate of drug-likeness (QED) is 0.826. The molecule has 2 saturated heterocycles. The van der Waals surface area contributed by atoms with Crippen LogP contribution in [0, 0.1) is 0 Å². The lowest BCUT2D eigenvalue weighted by atomic mass is 10.1. The molecule has 5 heteroatoms. The molecule has 0 saturated carbocycles. The fraction of sp³-hybridized carbons (Fsp3) is 0.429. The molecule has 0 spiro atoms. The lowest BCUT2D eigenvalue weighted by Gasteiger charge is -2.36. The SMILES string of the molecule is O=S(=O)(c1ccc(-c2ccccc2)cc1)N1CCC(N2CCCC2)CC1. The summed E-state index contributed by atoms with van der Waals surface area (Å²) in [5.41, 5.74) is 2.14. The highest BCUT2D eigenvalue weighted by molar-refractivity contribution is 7.89. The number of piperidine rings is 1. The molecule has 26 heavy (non-hydrogen) atoms. The molecule has 0 amide bonds. The fourth-order valence-electron chi connectivity index (χ4n) is 4.15. The van der Waals surface area contributed by atoms with Gasteiger partial charge in [-0.2, -0.15) is 4.31 Å². The maximum absolute atomic E-state index is 13.0. The Morgan fingerprint density at radius 2 is 1.31 bits per heavy atom. The first-order valence-electron chi connectivity index (χ1n) is 9.54. The molecule has 0 N–H and O–H groups in total. The van der Waals surface area contributed by atoms with Crippen molar-refractivity contribution in [2.75, 3.05) is 26.2 Å². The summed E-state index contributed by atoms with van der Waals surface area (Å²) in [7, 11) is -3.39. The first-order valence-corrected chi connectivity index (χ1v) is 11.0. The molecule has 0 aliphatic carbocycles. The molecule has 4 rings (SSSR count). The van der Waals surface area contributed by atoms with Gasteiger partial charge in [-0.25, -0.2) is 8.42 Å². The fourth-order valence-corrected chi connectivity index (χ4v) is 5.62. The van der Waals surface area contributed by atoms with Crippen molar-refractivity contribution in [2.45, 2.75) is 36.6 Å². The van der Waals surface area contributed by atoms with Gasteiger partial charge in [0.1, 0.15) is 0 Å². The zero-order chi connectivity index (χ0) is 18.0. The van der Waals surface area contributed by atoms with E-state index in [0.717, 1.165) is 24.0 Å². The van der Waals surface area contributed by atoms with E-state index in [1.54, 1.807) is 16.4 Å². The smallest absolute Gasteiger partial charge is 0.243 e. The van der Waals surface area contributed by atoms with Crippen LogP contribution in [0.15, 0.2) is 59.5 Å². The van der Waals surface area contributed by atoms with E-state index < -0.39 is 10.0 Å². The second-order valence-electron chi connectivity index (χ2n) is 7.27. The number of benzene rings is 2. The van der Waals surface area contributed by atoms with E-state index in [1.807, 2.05) is 42.5 Å². The van der Waals surface area contributed by atoms with Gasteiger partial charge in [0.25, 0.3) is 0 Å². The van der Waals surface area contributed by atoms with Crippen LogP contribution < -0.4 is 0 Å². The minimum absolute atomic E-state index is 0.400. The Morgan fingerprint density at radius 3 is 1.92 bits per heavy atom. The van der Waals surface area contributed by atoms with Crippen LogP contribution in [0.1, 0.15) is 25.7 Å². The Labute approximate surface area is 156 Å². The van der Waals surface area contributed by atoms with Gasteiger partial charge in [-0.3, -0.25) is 0 Å². The zero-order valence-electron chi connectivity index (χ0n) is 15.0. The van der Waals surface area contributed by atoms with Crippen LogP contribution >= 0.6 is 0 Å². The second kappa shape index (κ2) is 7.51. The molecule has 0 bridgehead atoms. The van der Waals surface area contributed by atoms with Crippen LogP contribution in [0.5, 0.6) is 0 Å². The number of hydrogen-bond donors (Lipinski definition) is 0. The van der Waals surface area contributed by atoms with Gasteiger partial charge in [-0.05, 0) is 62.0 Å². The van der Waals surface area contributed by atoms with Gasteiger partial charge in [0.2, 0.25) is 10.0 Å². The highest BCUT2D eigenvalue weighted by Gasteiger charge is 2.32. The predicted octanol–water partition coefficient (Wildman–Crippen LogP) is 3.60. The minimum atomic E-state index is -3.39. The molecule has 2 aromatic rings. The molecule has 2 aliphatic rings. The van der Waals surface area contributed by atoms with E-state index in [1.165, 1.54) is 25.9 Å². The van der Waals surface area contributed by atoms with Gasteiger partial charge < -0.3 is 4.90 Å². The van der Waals surface area contributed by atoms with E-state index in [-0.39, 0.29) is 0 Å². The molecular formula is C21H26N2O2S. The van der Waals surface area contributed by atoms with Crippen LogP contribution in [0.2, 0.25) is 0 Å². The maximum atomic E-state index is 13.0. The van der Waals surface area contributed by atoms with Crippen molar-refractivity contribution < 1.29 is 8.42 Å². The average Bonchev–Trinajstić information content (AvgIpc) is 3.24. The summed E-state index contributed by atoms with van der Waals surface area (Å²) >= 11 is 0. The Morgan fingerprint density at radius 1 is 0.731 bits per heavy atom. The Bertz CT molecular complexity index is 820. The summed E-state index contributed by atoms with van der Waals surface area (Å²) in [4.78, 5) is 2.94. The highest BCUT2D eigenvalue weighted by atomic mass is 32.2. The third-order valence-corrected chi connectivity index (χ3v) is 7.59. The van der Waals surface area contributed by atoms with E-state index in [9.17, 15) is 8.42 Å². The summed E-state index contributed by atoms with van der Waals surface area (Å²) in [6.45, 7) is 3.62. The molecule has 0 radical (unpaired) electrons.